The average Bonchev–Trinajstić information content (AvgIpc) is 3.54. The molecule has 0 aromatic heterocycles. The lowest BCUT2D eigenvalue weighted by Crippen LogP contribution is -2.53. The number of phenolic OH excluding ortho intramolecular Hbond substituents is 1. The normalized spacial score (nSPS) is 21.3. The predicted molar refractivity (Wildman–Crippen MR) is 216 cm³/mol. The monoisotopic (exact) mass is 813 g/mol. The van der Waals surface area contributed by atoms with Crippen molar-refractivity contribution < 1.29 is 47.1 Å². The molecule has 1 fully saturated rings. The number of aliphatic imine (C=N–C) groups is 2. The van der Waals surface area contributed by atoms with Crippen LogP contribution >= 0.6 is 11.8 Å². The number of aliphatic carboxylic acids is 1. The van der Waals surface area contributed by atoms with E-state index in [2.05, 4.69) is 41.6 Å². The van der Waals surface area contributed by atoms with Crippen molar-refractivity contribution >= 4 is 56.5 Å². The molecule has 3 atom stereocenters. The van der Waals surface area contributed by atoms with Gasteiger partial charge in [-0.15, -0.1) is 0 Å². The van der Waals surface area contributed by atoms with Crippen LogP contribution in [0.25, 0.3) is 0 Å². The van der Waals surface area contributed by atoms with E-state index in [9.17, 15) is 37.6 Å². The highest BCUT2D eigenvalue weighted by molar-refractivity contribution is 8.13. The Labute approximate surface area is 332 Å². The molecular formula is C39H51N5O10S2. The van der Waals surface area contributed by atoms with E-state index in [-0.39, 0.29) is 56.5 Å². The number of nitrogens with zero attached hydrogens (tertiary/aromatic N) is 4. The van der Waals surface area contributed by atoms with Gasteiger partial charge < -0.3 is 25.5 Å². The second-order valence-corrected chi connectivity index (χ2v) is 16.8. The molecule has 3 aliphatic rings. The summed E-state index contributed by atoms with van der Waals surface area (Å²) in [4.78, 5) is 51.8. The highest BCUT2D eigenvalue weighted by atomic mass is 32.2. The Morgan fingerprint density at radius 3 is 2.55 bits per heavy atom. The van der Waals surface area contributed by atoms with E-state index < -0.39 is 51.6 Å². The highest BCUT2D eigenvalue weighted by Gasteiger charge is 2.50. The number of oxime groups is 1. The number of allylic oxidation sites excluding steroid dienone is 4. The standard InChI is InChI=1S/C39H51N5O10S2/c1-8-9-10-11-24-19-30(45)34(26-18-23(4)12-13-25(26)22(2)3)32(20-24)53-38(41-7)55-17-16-29-27(36(47)44(29)56(50,51)52)21-31(46)35(28-14-15-33(40)42-28)43-54-39(5,6)37(48)49/h14,16,18-20,25-27,45H,2,8-13,15,17,21H2,1,3-7H3,(H2,40,42)(H,48,49)(H,50,51,52)/b29-16+,41-38?,43-35-/t25-,26+,27-/m0/s1. The Balaban J connectivity index is 1.62. The maximum Gasteiger partial charge on any atom is 0.366 e. The molecule has 0 spiro atoms. The Kier molecular flexibility index (Phi) is 14.5. The van der Waals surface area contributed by atoms with Crippen LogP contribution in [0.5, 0.6) is 11.5 Å². The highest BCUT2D eigenvalue weighted by Crippen LogP contribution is 2.47. The largest absolute Gasteiger partial charge is 0.507 e. The molecule has 15 nitrogen and oxygen atoms in total. The lowest BCUT2D eigenvalue weighted by atomic mass is 9.73. The van der Waals surface area contributed by atoms with Gasteiger partial charge in [0.1, 0.15) is 17.3 Å². The van der Waals surface area contributed by atoms with E-state index in [1.165, 1.54) is 38.6 Å². The van der Waals surface area contributed by atoms with E-state index in [1.807, 2.05) is 13.0 Å². The third-order valence-corrected chi connectivity index (χ3v) is 11.4. The number of hydrogen-bond donors (Lipinski definition) is 4. The van der Waals surface area contributed by atoms with E-state index in [4.69, 9.17) is 15.3 Å². The fraction of sp³-hybridized carbons (Fsp3) is 0.487. The number of carboxylic acids is 1. The molecule has 2 aliphatic heterocycles. The van der Waals surface area contributed by atoms with Gasteiger partial charge in [0, 0.05) is 42.8 Å². The van der Waals surface area contributed by atoms with Crippen molar-refractivity contribution in [3.05, 3.63) is 70.6 Å². The van der Waals surface area contributed by atoms with Crippen molar-refractivity contribution in [2.24, 2.45) is 32.7 Å². The van der Waals surface area contributed by atoms with Gasteiger partial charge in [-0.25, -0.2) is 14.8 Å². The number of rotatable bonds is 17. The first-order valence-corrected chi connectivity index (χ1v) is 20.7. The Morgan fingerprint density at radius 1 is 1.25 bits per heavy atom. The zero-order valence-electron chi connectivity index (χ0n) is 32.6. The Morgan fingerprint density at radius 2 is 1.96 bits per heavy atom. The van der Waals surface area contributed by atoms with Crippen LogP contribution in [0.3, 0.4) is 0 Å². The number of β-lactam (4-membered cyclic amide) rings is 1. The van der Waals surface area contributed by atoms with Crippen LogP contribution in [0.15, 0.2) is 74.6 Å². The van der Waals surface area contributed by atoms with Crippen molar-refractivity contribution in [3.63, 3.8) is 0 Å². The summed E-state index contributed by atoms with van der Waals surface area (Å²) in [6, 6.07) is 3.69. The number of thioether (sulfide) groups is 1. The SMILES string of the molecule is C=C(C)[C@@H]1CCC(C)=C[C@H]1c1c(O)cc(CCCCC)cc1OC(=NC)SC/C=C1\[C@H](CC(=O)/C(=N\OC(C)(C)C(=O)O)C2=CCC(N)=N2)C(=O)N1S(=O)(=O)O. The fourth-order valence-electron chi connectivity index (χ4n) is 6.60. The molecule has 1 saturated heterocycles. The van der Waals surface area contributed by atoms with Gasteiger partial charge in [0.15, 0.2) is 11.5 Å². The lowest BCUT2D eigenvalue weighted by molar-refractivity contribution is -0.161. The number of nitrogens with two attached hydrogens (primary N) is 1. The zero-order chi connectivity index (χ0) is 41.5. The molecule has 56 heavy (non-hydrogen) atoms. The van der Waals surface area contributed by atoms with Crippen molar-refractivity contribution in [2.45, 2.75) is 97.5 Å². The van der Waals surface area contributed by atoms with Gasteiger partial charge in [0.25, 0.3) is 11.1 Å². The van der Waals surface area contributed by atoms with Gasteiger partial charge in [0.2, 0.25) is 5.60 Å². The number of Topliss-reactive ketones (excluding diaryl/α,β-unsaturated/α-hetero) is 1. The summed E-state index contributed by atoms with van der Waals surface area (Å²) in [7, 11) is -3.54. The third kappa shape index (κ3) is 10.6. The number of ether oxygens (including phenoxy) is 1. The van der Waals surface area contributed by atoms with Crippen molar-refractivity contribution in [1.29, 1.82) is 0 Å². The maximum absolute atomic E-state index is 13.6. The number of aromatic hydroxyl groups is 1. The van der Waals surface area contributed by atoms with Crippen LogP contribution in [0.4, 0.5) is 0 Å². The van der Waals surface area contributed by atoms with E-state index >= 15 is 0 Å². The summed E-state index contributed by atoms with van der Waals surface area (Å²) < 4.78 is 41.0. The summed E-state index contributed by atoms with van der Waals surface area (Å²) in [6.45, 7) is 12.8. The van der Waals surface area contributed by atoms with Crippen molar-refractivity contribution in [2.75, 3.05) is 12.8 Å². The first-order chi connectivity index (χ1) is 26.3. The molecule has 0 radical (unpaired) electrons. The van der Waals surface area contributed by atoms with E-state index in [0.717, 1.165) is 61.4 Å². The quantitative estimate of drug-likeness (QED) is 0.0261. The summed E-state index contributed by atoms with van der Waals surface area (Å²) in [5, 5.41) is 24.9. The molecule has 1 amide bonds. The van der Waals surface area contributed by atoms with Crippen LogP contribution in [-0.4, -0.2) is 80.3 Å². The van der Waals surface area contributed by atoms with Gasteiger partial charge in [-0.1, -0.05) is 66.6 Å². The minimum Gasteiger partial charge on any atom is -0.507 e. The molecule has 0 unspecified atom stereocenters. The number of amides is 1. The number of unbranched alkanes of at least 4 members (excludes halogenated alkanes) is 2. The second-order valence-electron chi connectivity index (χ2n) is 14.5. The van der Waals surface area contributed by atoms with Crippen molar-refractivity contribution in [1.82, 2.24) is 4.31 Å². The number of amidine groups is 1. The molecule has 1 aromatic rings. The smallest absolute Gasteiger partial charge is 0.366 e. The van der Waals surface area contributed by atoms with E-state index in [0.29, 0.717) is 11.3 Å². The molecular weight excluding hydrogens is 763 g/mol. The number of carbonyl (C=O) groups is 3. The predicted octanol–water partition coefficient (Wildman–Crippen LogP) is 6.22. The second kappa shape index (κ2) is 18.5. The number of carbonyl (C=O) groups excluding carboxylic acids is 2. The van der Waals surface area contributed by atoms with Gasteiger partial charge >= 0.3 is 16.3 Å². The first-order valence-electron chi connectivity index (χ1n) is 18.3. The number of aryl methyl sites for hydroxylation is 1. The number of benzene rings is 1. The average molecular weight is 814 g/mol. The zero-order valence-corrected chi connectivity index (χ0v) is 34.2. The summed E-state index contributed by atoms with van der Waals surface area (Å²) >= 11 is 1.06. The molecule has 5 N–H and O–H groups in total. The molecule has 0 saturated carbocycles. The van der Waals surface area contributed by atoms with Gasteiger partial charge in [-0.2, -0.15) is 12.7 Å². The summed E-state index contributed by atoms with van der Waals surface area (Å²) in [6.07, 6.45) is 10.0. The van der Waals surface area contributed by atoms with Crippen molar-refractivity contribution in [3.8, 4) is 11.5 Å². The number of ketones is 1. The summed E-state index contributed by atoms with van der Waals surface area (Å²) in [5.74, 6) is -4.02. The summed E-state index contributed by atoms with van der Waals surface area (Å²) in [5.41, 5.74) is 7.05. The Bertz CT molecular complexity index is 2050. The van der Waals surface area contributed by atoms with Gasteiger partial charge in [0.05, 0.1) is 11.6 Å². The van der Waals surface area contributed by atoms with Crippen LogP contribution in [0, 0.1) is 11.8 Å². The molecule has 1 aromatic carbocycles. The minimum absolute atomic E-state index is 0.00224. The lowest BCUT2D eigenvalue weighted by Gasteiger charge is -2.38. The van der Waals surface area contributed by atoms with Crippen LogP contribution in [0.1, 0.15) is 96.6 Å². The Hall–Kier alpha value is -4.74. The van der Waals surface area contributed by atoms with Crippen LogP contribution in [-0.2, 0) is 35.9 Å². The van der Waals surface area contributed by atoms with Gasteiger partial charge in [-0.05, 0) is 83.1 Å². The van der Waals surface area contributed by atoms with Gasteiger partial charge in [-0.3, -0.25) is 14.1 Å². The molecule has 17 heteroatoms. The topological polar surface area (TPSA) is 231 Å². The molecule has 4 rings (SSSR count). The molecule has 1 aliphatic carbocycles. The third-order valence-electron chi connectivity index (χ3n) is 9.71. The first kappa shape index (κ1) is 44.0. The van der Waals surface area contributed by atoms with Crippen LogP contribution < -0.4 is 10.5 Å². The van der Waals surface area contributed by atoms with Crippen LogP contribution in [0.2, 0.25) is 0 Å². The molecule has 304 valence electrons. The number of hydrogen-bond acceptors (Lipinski definition) is 13. The molecule has 0 bridgehead atoms. The fourth-order valence-corrected chi connectivity index (χ4v) is 8.10. The maximum atomic E-state index is 13.6. The van der Waals surface area contributed by atoms with E-state index in [1.54, 1.807) is 6.07 Å². The number of carboxylic acid groups (broad SMARTS) is 1. The number of phenols is 1. The minimum atomic E-state index is -5.05. The molecule has 2 heterocycles.